The van der Waals surface area contributed by atoms with Crippen LogP contribution in [0, 0.1) is 10.1 Å². The zero-order valence-corrected chi connectivity index (χ0v) is 16.7. The summed E-state index contributed by atoms with van der Waals surface area (Å²) in [5.74, 6) is 0.187. The fourth-order valence-corrected chi connectivity index (χ4v) is 3.56. The number of benzene rings is 1. The molecule has 2 unspecified atom stereocenters. The van der Waals surface area contributed by atoms with Crippen LogP contribution in [0.3, 0.4) is 0 Å². The zero-order chi connectivity index (χ0) is 21.0. The molecule has 0 aliphatic carbocycles. The number of ether oxygens (including phenoxy) is 2. The van der Waals surface area contributed by atoms with E-state index in [-0.39, 0.29) is 18.1 Å². The van der Waals surface area contributed by atoms with Gasteiger partial charge >= 0.3 is 6.09 Å². The smallest absolute Gasteiger partial charge is 0.414 e. The van der Waals surface area contributed by atoms with E-state index in [2.05, 4.69) is 4.99 Å². The maximum Gasteiger partial charge on any atom is 0.414 e. The van der Waals surface area contributed by atoms with E-state index in [1.807, 2.05) is 24.3 Å². The van der Waals surface area contributed by atoms with Crippen LogP contribution in [-0.4, -0.2) is 47.2 Å². The first-order valence-electron chi connectivity index (χ1n) is 9.62. The Balaban J connectivity index is 2.11. The fraction of sp³-hybridized carbons (Fsp3) is 0.500. The number of carbonyl (C=O) groups is 1. The highest BCUT2D eigenvalue weighted by molar-refractivity contribution is 5.91. The van der Waals surface area contributed by atoms with Crippen molar-refractivity contribution in [3.05, 3.63) is 57.3 Å². The summed E-state index contributed by atoms with van der Waals surface area (Å²) in [5.41, 5.74) is 6.36. The molecule has 2 heterocycles. The molecule has 1 aromatic rings. The van der Waals surface area contributed by atoms with Gasteiger partial charge in [-0.15, -0.1) is 0 Å². The number of aryl methyl sites for hydroxylation is 1. The molecule has 1 amide bonds. The first kappa shape index (κ1) is 20.8. The minimum atomic E-state index is -1.81. The molecular weight excluding hydrogens is 376 g/mol. The largest absolute Gasteiger partial charge is 0.478 e. The lowest BCUT2D eigenvalue weighted by Crippen LogP contribution is -2.58. The van der Waals surface area contributed by atoms with Gasteiger partial charge in [0.05, 0.1) is 20.3 Å². The van der Waals surface area contributed by atoms with Gasteiger partial charge < -0.3 is 15.2 Å². The molecule has 0 saturated carbocycles. The lowest BCUT2D eigenvalue weighted by molar-refractivity contribution is -0.559. The molecule has 29 heavy (non-hydrogen) atoms. The van der Waals surface area contributed by atoms with Gasteiger partial charge in [-0.05, 0) is 36.8 Å². The number of dihydropyridines is 1. The monoisotopic (exact) mass is 402 g/mol. The second-order valence-electron chi connectivity index (χ2n) is 7.38. The van der Waals surface area contributed by atoms with Gasteiger partial charge in [-0.3, -0.25) is 15.0 Å². The van der Waals surface area contributed by atoms with Gasteiger partial charge in [-0.2, -0.15) is 0 Å². The van der Waals surface area contributed by atoms with Crippen molar-refractivity contribution in [3.63, 3.8) is 0 Å². The number of fused-ring (bicyclic) bond motifs is 3. The molecule has 2 atom stereocenters. The lowest BCUT2D eigenvalue weighted by atomic mass is 9.91. The summed E-state index contributed by atoms with van der Waals surface area (Å²) in [7, 11) is 1.24. The molecule has 9 nitrogen and oxygen atoms in total. The Labute approximate surface area is 169 Å². The van der Waals surface area contributed by atoms with E-state index < -0.39 is 22.7 Å². The highest BCUT2D eigenvalue weighted by atomic mass is 16.6. The Hall–Kier alpha value is -2.94. The minimum absolute atomic E-state index is 0.0920. The first-order chi connectivity index (χ1) is 13.9. The van der Waals surface area contributed by atoms with E-state index in [1.165, 1.54) is 25.0 Å². The molecule has 1 aromatic carbocycles. The molecule has 0 fully saturated rings. The van der Waals surface area contributed by atoms with Gasteiger partial charge in [0.25, 0.3) is 5.54 Å². The predicted octanol–water partition coefficient (Wildman–Crippen LogP) is 2.61. The summed E-state index contributed by atoms with van der Waals surface area (Å²) in [5, 5.41) is 12.0. The maximum absolute atomic E-state index is 12.6. The van der Waals surface area contributed by atoms with Crippen LogP contribution in [0.15, 0.2) is 41.0 Å². The SMILES string of the molecule is COC(=O)N1Cc2cccc(c2)CCCCCOC2=NC(N)C(C)([N+](=O)[O-])C1=C2. The Kier molecular flexibility index (Phi) is 6.17. The van der Waals surface area contributed by atoms with Crippen molar-refractivity contribution in [2.75, 3.05) is 13.7 Å². The predicted molar refractivity (Wildman–Crippen MR) is 107 cm³/mol. The van der Waals surface area contributed by atoms with Gasteiger partial charge in [0.2, 0.25) is 5.90 Å². The maximum atomic E-state index is 12.6. The number of amides is 1. The number of hydrogen-bond donors (Lipinski definition) is 1. The van der Waals surface area contributed by atoms with Crippen LogP contribution < -0.4 is 5.73 Å². The molecule has 9 heteroatoms. The Bertz CT molecular complexity index is 853. The van der Waals surface area contributed by atoms with Crippen molar-refractivity contribution in [2.24, 2.45) is 10.7 Å². The summed E-state index contributed by atoms with van der Waals surface area (Å²) in [6, 6.07) is 7.86. The second kappa shape index (κ2) is 8.60. The number of rotatable bonds is 1. The van der Waals surface area contributed by atoms with Crippen molar-refractivity contribution in [3.8, 4) is 0 Å². The van der Waals surface area contributed by atoms with Crippen molar-refractivity contribution < 1.29 is 19.2 Å². The Morgan fingerprint density at radius 2 is 2.14 bits per heavy atom. The second-order valence-corrected chi connectivity index (χ2v) is 7.38. The number of nitrogens with zero attached hydrogens (tertiary/aromatic N) is 3. The number of nitrogens with two attached hydrogens (primary N) is 1. The minimum Gasteiger partial charge on any atom is -0.478 e. The number of carbonyl (C=O) groups excluding carboxylic acids is 1. The van der Waals surface area contributed by atoms with Crippen molar-refractivity contribution in [1.29, 1.82) is 0 Å². The zero-order valence-electron chi connectivity index (χ0n) is 16.7. The molecule has 2 N–H and O–H groups in total. The highest BCUT2D eigenvalue weighted by Gasteiger charge is 2.54. The topological polar surface area (TPSA) is 120 Å². The van der Waals surface area contributed by atoms with E-state index in [1.54, 1.807) is 0 Å². The Morgan fingerprint density at radius 3 is 2.86 bits per heavy atom. The molecule has 0 spiro atoms. The van der Waals surface area contributed by atoms with Crippen LogP contribution in [0.4, 0.5) is 4.79 Å². The van der Waals surface area contributed by atoms with Crippen molar-refractivity contribution in [2.45, 2.75) is 50.9 Å². The van der Waals surface area contributed by atoms with E-state index in [4.69, 9.17) is 15.2 Å². The summed E-state index contributed by atoms with van der Waals surface area (Å²) in [6.45, 7) is 1.89. The molecule has 4 bridgehead atoms. The molecule has 3 rings (SSSR count). The summed E-state index contributed by atoms with van der Waals surface area (Å²) in [4.78, 5) is 29.5. The van der Waals surface area contributed by atoms with Gasteiger partial charge in [0, 0.05) is 17.9 Å². The molecule has 2 aliphatic heterocycles. The summed E-state index contributed by atoms with van der Waals surface area (Å²) < 4.78 is 10.6. The number of methoxy groups -OCH3 is 1. The molecule has 0 aromatic heterocycles. The van der Waals surface area contributed by atoms with E-state index >= 15 is 0 Å². The van der Waals surface area contributed by atoms with Gasteiger partial charge in [-0.25, -0.2) is 9.79 Å². The van der Waals surface area contributed by atoms with Crippen molar-refractivity contribution in [1.82, 2.24) is 4.90 Å². The molecular formula is C20H26N4O5. The van der Waals surface area contributed by atoms with Crippen LogP contribution in [0.1, 0.15) is 37.3 Å². The summed E-state index contributed by atoms with van der Waals surface area (Å²) >= 11 is 0. The fourth-order valence-electron chi connectivity index (χ4n) is 3.56. The van der Waals surface area contributed by atoms with Gasteiger partial charge in [-0.1, -0.05) is 24.3 Å². The molecule has 0 radical (unpaired) electrons. The number of hydrogen-bond acceptors (Lipinski definition) is 7. The first-order valence-corrected chi connectivity index (χ1v) is 9.62. The van der Waals surface area contributed by atoms with Crippen molar-refractivity contribution >= 4 is 12.0 Å². The highest BCUT2D eigenvalue weighted by Crippen LogP contribution is 2.33. The lowest BCUT2D eigenvalue weighted by Gasteiger charge is -2.36. The average Bonchev–Trinajstić information content (AvgIpc) is 2.70. The van der Waals surface area contributed by atoms with Crippen LogP contribution in [0.5, 0.6) is 0 Å². The average molecular weight is 402 g/mol. The third-order valence-corrected chi connectivity index (χ3v) is 5.38. The normalized spacial score (nSPS) is 25.1. The Morgan fingerprint density at radius 1 is 1.38 bits per heavy atom. The molecule has 0 saturated heterocycles. The summed E-state index contributed by atoms with van der Waals surface area (Å²) in [6.07, 6.45) is 3.24. The number of aliphatic imine (C=N–C) groups is 1. The van der Waals surface area contributed by atoms with E-state index in [0.29, 0.717) is 6.61 Å². The molecule has 2 aliphatic rings. The van der Waals surface area contributed by atoms with Crippen LogP contribution in [-0.2, 0) is 22.4 Å². The molecule has 156 valence electrons. The van der Waals surface area contributed by atoms with Crippen LogP contribution >= 0.6 is 0 Å². The van der Waals surface area contributed by atoms with E-state index in [9.17, 15) is 14.9 Å². The van der Waals surface area contributed by atoms with Crippen LogP contribution in [0.25, 0.3) is 0 Å². The third-order valence-electron chi connectivity index (χ3n) is 5.38. The van der Waals surface area contributed by atoms with Gasteiger partial charge in [0.15, 0.2) is 6.17 Å². The number of nitro groups is 1. The van der Waals surface area contributed by atoms with Crippen LogP contribution in [0.2, 0.25) is 0 Å². The van der Waals surface area contributed by atoms with Gasteiger partial charge in [0.1, 0.15) is 5.70 Å². The van der Waals surface area contributed by atoms with E-state index in [0.717, 1.165) is 36.8 Å². The third kappa shape index (κ3) is 4.24. The quantitative estimate of drug-likeness (QED) is 0.569. The standard InChI is InChI=1S/C20H26N4O5/c1-20(24(26)27)16-12-17(22-18(20)21)29-10-5-3-4-7-14-8-6-9-15(11-14)13-23(16)19(25)28-2/h6,8-9,11-12,18H,3-5,7,10,13,21H2,1-2H3.